The molecule has 1 saturated heterocycles. The number of nitrogens with one attached hydrogen (secondary N) is 2. The number of aromatic amines is 1. The predicted molar refractivity (Wildman–Crippen MR) is 78.3 cm³/mol. The van der Waals surface area contributed by atoms with Crippen molar-refractivity contribution in [1.82, 2.24) is 14.9 Å². The molecule has 7 heteroatoms. The average Bonchev–Trinajstić information content (AvgIpc) is 2.87. The van der Waals surface area contributed by atoms with Gasteiger partial charge >= 0.3 is 0 Å². The van der Waals surface area contributed by atoms with Gasteiger partial charge in [0.15, 0.2) is 4.77 Å². The van der Waals surface area contributed by atoms with E-state index < -0.39 is 0 Å². The number of nitrogens with zero attached hydrogens (tertiary/aromatic N) is 1. The smallest absolute Gasteiger partial charge is 0.220 e. The molecule has 2 N–H and O–H groups in total. The minimum atomic E-state index is 0.0948. The molecular weight excluding hydrogens is 305 g/mol. The molecule has 1 aliphatic heterocycles. The first-order valence-electron chi connectivity index (χ1n) is 5.91. The summed E-state index contributed by atoms with van der Waals surface area (Å²) in [6.45, 7) is 0.641. The van der Waals surface area contributed by atoms with E-state index in [-0.39, 0.29) is 11.9 Å². The van der Waals surface area contributed by atoms with E-state index in [9.17, 15) is 4.79 Å². The molecule has 0 bridgehead atoms. The summed E-state index contributed by atoms with van der Waals surface area (Å²) in [5, 5.41) is 3.92. The Morgan fingerprint density at radius 3 is 2.79 bits per heavy atom. The number of amides is 1. The number of hydrogen-bond donors (Lipinski definition) is 2. The second-order valence-electron chi connectivity index (χ2n) is 4.63. The number of carbonyl (C=O) groups excluding carboxylic acids is 1. The first-order chi connectivity index (χ1) is 9.04. The molecule has 1 atom stereocenters. The van der Waals surface area contributed by atoms with Crippen LogP contribution < -0.4 is 5.32 Å². The number of benzene rings is 1. The van der Waals surface area contributed by atoms with E-state index in [2.05, 4.69) is 10.3 Å². The Morgan fingerprint density at radius 2 is 2.11 bits per heavy atom. The summed E-state index contributed by atoms with van der Waals surface area (Å²) >= 11 is 17.3. The van der Waals surface area contributed by atoms with E-state index in [0.29, 0.717) is 27.8 Å². The third kappa shape index (κ3) is 2.38. The van der Waals surface area contributed by atoms with Gasteiger partial charge in [-0.2, -0.15) is 0 Å². The van der Waals surface area contributed by atoms with Gasteiger partial charge < -0.3 is 14.9 Å². The van der Waals surface area contributed by atoms with Crippen molar-refractivity contribution in [2.45, 2.75) is 25.4 Å². The van der Waals surface area contributed by atoms with Crippen molar-refractivity contribution in [2.24, 2.45) is 0 Å². The summed E-state index contributed by atoms with van der Waals surface area (Å²) in [5.41, 5.74) is 1.75. The number of halogens is 2. The summed E-state index contributed by atoms with van der Waals surface area (Å²) in [4.78, 5) is 14.3. The summed E-state index contributed by atoms with van der Waals surface area (Å²) < 4.78 is 2.55. The van der Waals surface area contributed by atoms with Crippen LogP contribution in [0.2, 0.25) is 10.0 Å². The molecule has 2 heterocycles. The van der Waals surface area contributed by atoms with Crippen molar-refractivity contribution in [3.05, 3.63) is 26.9 Å². The Bertz CT molecular complexity index is 722. The zero-order valence-electron chi connectivity index (χ0n) is 9.87. The van der Waals surface area contributed by atoms with Gasteiger partial charge in [-0.25, -0.2) is 0 Å². The van der Waals surface area contributed by atoms with Crippen molar-refractivity contribution in [3.8, 4) is 0 Å². The fraction of sp³-hybridized carbons (Fsp3) is 0.333. The highest BCUT2D eigenvalue weighted by Gasteiger charge is 2.22. The lowest BCUT2D eigenvalue weighted by molar-refractivity contribution is -0.119. The SMILES string of the molecule is O=C1CCC(Cn2c(=S)[nH]c3cc(Cl)c(Cl)cc32)N1. The second-order valence-corrected chi connectivity index (χ2v) is 5.83. The van der Waals surface area contributed by atoms with Gasteiger partial charge in [-0.15, -0.1) is 0 Å². The molecule has 0 spiro atoms. The summed E-state index contributed by atoms with van der Waals surface area (Å²) in [6.07, 6.45) is 1.40. The largest absolute Gasteiger partial charge is 0.352 e. The highest BCUT2D eigenvalue weighted by atomic mass is 35.5. The van der Waals surface area contributed by atoms with E-state index in [1.807, 2.05) is 4.57 Å². The third-order valence-corrected chi connectivity index (χ3v) is 4.35. The predicted octanol–water partition coefficient (Wildman–Crippen LogP) is 3.28. The first kappa shape index (κ1) is 13.0. The van der Waals surface area contributed by atoms with Gasteiger partial charge in [0.1, 0.15) is 0 Å². The number of imidazole rings is 1. The van der Waals surface area contributed by atoms with E-state index in [0.717, 1.165) is 17.5 Å². The van der Waals surface area contributed by atoms with Gasteiger partial charge in [-0.05, 0) is 30.8 Å². The van der Waals surface area contributed by atoms with Crippen molar-refractivity contribution in [1.29, 1.82) is 0 Å². The van der Waals surface area contributed by atoms with Crippen molar-refractivity contribution in [2.75, 3.05) is 0 Å². The topological polar surface area (TPSA) is 49.8 Å². The van der Waals surface area contributed by atoms with Crippen LogP contribution in [-0.2, 0) is 11.3 Å². The van der Waals surface area contributed by atoms with Crippen molar-refractivity contribution in [3.63, 3.8) is 0 Å². The van der Waals surface area contributed by atoms with Gasteiger partial charge in [0, 0.05) is 19.0 Å². The quantitative estimate of drug-likeness (QED) is 0.835. The Kier molecular flexibility index (Phi) is 3.28. The third-order valence-electron chi connectivity index (χ3n) is 3.30. The molecule has 0 saturated carbocycles. The fourth-order valence-corrected chi connectivity index (χ4v) is 2.97. The van der Waals surface area contributed by atoms with Crippen LogP contribution in [-0.4, -0.2) is 21.5 Å². The molecule has 1 aromatic heterocycles. The van der Waals surface area contributed by atoms with E-state index in [1.165, 1.54) is 0 Å². The normalized spacial score (nSPS) is 19.1. The molecule has 100 valence electrons. The number of fused-ring (bicyclic) bond motifs is 1. The zero-order chi connectivity index (χ0) is 13.6. The second kappa shape index (κ2) is 4.81. The Morgan fingerprint density at radius 1 is 1.37 bits per heavy atom. The van der Waals surface area contributed by atoms with Crippen LogP contribution in [0.5, 0.6) is 0 Å². The average molecular weight is 316 g/mol. The lowest BCUT2D eigenvalue weighted by Gasteiger charge is -2.11. The highest BCUT2D eigenvalue weighted by Crippen LogP contribution is 2.28. The molecule has 0 radical (unpaired) electrons. The van der Waals surface area contributed by atoms with Crippen LogP contribution in [0, 0.1) is 4.77 Å². The molecule has 1 aliphatic rings. The molecule has 4 nitrogen and oxygen atoms in total. The van der Waals surface area contributed by atoms with Gasteiger partial charge in [-0.1, -0.05) is 23.2 Å². The number of rotatable bonds is 2. The Balaban J connectivity index is 2.03. The molecule has 3 rings (SSSR count). The van der Waals surface area contributed by atoms with Gasteiger partial charge in [0.2, 0.25) is 5.91 Å². The monoisotopic (exact) mass is 315 g/mol. The number of carbonyl (C=O) groups is 1. The molecule has 1 aromatic carbocycles. The van der Waals surface area contributed by atoms with Crippen molar-refractivity contribution < 1.29 is 4.79 Å². The molecule has 2 aromatic rings. The highest BCUT2D eigenvalue weighted by molar-refractivity contribution is 7.71. The molecular formula is C12H11Cl2N3OS. The molecule has 19 heavy (non-hydrogen) atoms. The maximum Gasteiger partial charge on any atom is 0.220 e. The van der Waals surface area contributed by atoms with Gasteiger partial charge in [0.25, 0.3) is 0 Å². The summed E-state index contributed by atoms with van der Waals surface area (Å²) in [6, 6.07) is 3.67. The van der Waals surface area contributed by atoms with Crippen LogP contribution in [0.25, 0.3) is 11.0 Å². The Labute approximate surface area is 124 Å². The van der Waals surface area contributed by atoms with Crippen LogP contribution in [0.4, 0.5) is 0 Å². The molecule has 1 fully saturated rings. The lowest BCUT2D eigenvalue weighted by Crippen LogP contribution is -2.29. The van der Waals surface area contributed by atoms with Crippen LogP contribution in [0.3, 0.4) is 0 Å². The first-order valence-corrected chi connectivity index (χ1v) is 7.08. The molecule has 0 aliphatic carbocycles. The number of hydrogen-bond acceptors (Lipinski definition) is 2. The minimum absolute atomic E-state index is 0.0948. The maximum absolute atomic E-state index is 11.2. The molecule has 1 amide bonds. The van der Waals surface area contributed by atoms with Crippen LogP contribution in [0.1, 0.15) is 12.8 Å². The molecule has 1 unspecified atom stereocenters. The summed E-state index contributed by atoms with van der Waals surface area (Å²) in [7, 11) is 0. The summed E-state index contributed by atoms with van der Waals surface area (Å²) in [5.74, 6) is 0.0948. The maximum atomic E-state index is 11.2. The van der Waals surface area contributed by atoms with Crippen molar-refractivity contribution >= 4 is 52.4 Å². The standard InChI is InChI=1S/C12H11Cl2N3OS/c13-7-3-9-10(4-8(7)14)17(12(19)16-9)5-6-1-2-11(18)15-6/h3-4,6H,1-2,5H2,(H,15,18)(H,16,19). The zero-order valence-corrected chi connectivity index (χ0v) is 12.2. The number of H-pyrrole nitrogens is 1. The van der Waals surface area contributed by atoms with E-state index in [4.69, 9.17) is 35.4 Å². The van der Waals surface area contributed by atoms with Crippen LogP contribution >= 0.6 is 35.4 Å². The Hall–Kier alpha value is -1.04. The van der Waals surface area contributed by atoms with E-state index >= 15 is 0 Å². The lowest BCUT2D eigenvalue weighted by atomic mass is 10.2. The fourth-order valence-electron chi connectivity index (χ4n) is 2.37. The van der Waals surface area contributed by atoms with Gasteiger partial charge in [-0.3, -0.25) is 4.79 Å². The minimum Gasteiger partial charge on any atom is -0.352 e. The number of aromatic nitrogens is 2. The van der Waals surface area contributed by atoms with E-state index in [1.54, 1.807) is 12.1 Å². The van der Waals surface area contributed by atoms with Gasteiger partial charge in [0.05, 0.1) is 21.1 Å². The van der Waals surface area contributed by atoms with Crippen LogP contribution in [0.15, 0.2) is 12.1 Å².